The van der Waals surface area contributed by atoms with Gasteiger partial charge in [-0.25, -0.2) is 9.18 Å². The summed E-state index contributed by atoms with van der Waals surface area (Å²) in [6.45, 7) is 9.43. The molecule has 0 aromatic heterocycles. The van der Waals surface area contributed by atoms with Crippen LogP contribution in [0.2, 0.25) is 0 Å². The largest absolute Gasteiger partial charge is 0.505 e. The molecule has 0 bridgehead atoms. The third-order valence-electron chi connectivity index (χ3n) is 5.64. The minimum atomic E-state index is -1.34. The number of phenolic OH excluding ortho intramolecular Hbond substituents is 1. The van der Waals surface area contributed by atoms with Gasteiger partial charge in [-0.05, 0) is 59.2 Å². The fourth-order valence-corrected chi connectivity index (χ4v) is 3.99. The van der Waals surface area contributed by atoms with E-state index in [9.17, 15) is 33.5 Å². The van der Waals surface area contributed by atoms with Crippen molar-refractivity contribution in [3.05, 3.63) is 29.6 Å². The van der Waals surface area contributed by atoms with E-state index in [1.807, 2.05) is 0 Å². The molecule has 12 nitrogen and oxygen atoms in total. The number of piperazine rings is 1. The Morgan fingerprint density at radius 2 is 1.68 bits per heavy atom. The molecule has 0 unspecified atom stereocenters. The Hall–Kier alpha value is -3.90. The van der Waals surface area contributed by atoms with E-state index in [2.05, 4.69) is 5.32 Å². The molecule has 13 heteroatoms. The average Bonchev–Trinajstić information content (AvgIpc) is 2.80. The maximum Gasteiger partial charge on any atom is 0.408 e. The van der Waals surface area contributed by atoms with Gasteiger partial charge in [-0.1, -0.05) is 6.07 Å². The second-order valence-corrected chi connectivity index (χ2v) is 11.4. The highest BCUT2D eigenvalue weighted by molar-refractivity contribution is 5.95. The third-order valence-corrected chi connectivity index (χ3v) is 5.64. The van der Waals surface area contributed by atoms with Crippen LogP contribution in [0, 0.1) is 5.82 Å². The van der Waals surface area contributed by atoms with E-state index in [4.69, 9.17) is 14.2 Å². The van der Waals surface area contributed by atoms with Gasteiger partial charge in [-0.15, -0.1) is 0 Å². The number of hydrogen-bond acceptors (Lipinski definition) is 9. The summed E-state index contributed by atoms with van der Waals surface area (Å²) in [5.74, 6) is -4.35. The number of halogens is 1. The first-order valence-electron chi connectivity index (χ1n) is 12.7. The monoisotopic (exact) mass is 567 g/mol. The number of amides is 3. The zero-order chi connectivity index (χ0) is 30.4. The number of esters is 2. The van der Waals surface area contributed by atoms with Gasteiger partial charge < -0.3 is 34.4 Å². The molecular weight excluding hydrogens is 529 g/mol. The maximum absolute atomic E-state index is 14.0. The van der Waals surface area contributed by atoms with Crippen LogP contribution in [-0.2, 0) is 39.8 Å². The van der Waals surface area contributed by atoms with Crippen LogP contribution in [-0.4, -0.2) is 94.8 Å². The second kappa shape index (κ2) is 13.0. The van der Waals surface area contributed by atoms with E-state index in [-0.39, 0.29) is 31.6 Å². The van der Waals surface area contributed by atoms with Crippen molar-refractivity contribution in [3.63, 3.8) is 0 Å². The summed E-state index contributed by atoms with van der Waals surface area (Å²) in [6.07, 6.45) is -1.64. The standard InChI is InChI=1S/C27H38FN3O9/c1-26(2,3)39-22(34)15-30-10-11-31(19(24(30)36)14-21(33)38-7)23(35)18(29-25(37)40-27(4,5)6)13-16-8-9-20(32)17(28)12-16/h8-9,12,18-19,32H,10-11,13-15H2,1-7H3,(H,29,37)/t18-,19-/m0/s1. The summed E-state index contributed by atoms with van der Waals surface area (Å²) in [5.41, 5.74) is -1.40. The molecule has 0 saturated carbocycles. The number of carbonyl (C=O) groups excluding carboxylic acids is 5. The van der Waals surface area contributed by atoms with Gasteiger partial charge >= 0.3 is 18.0 Å². The first-order valence-corrected chi connectivity index (χ1v) is 12.7. The van der Waals surface area contributed by atoms with E-state index in [0.29, 0.717) is 0 Å². The van der Waals surface area contributed by atoms with Crippen LogP contribution in [0.25, 0.3) is 0 Å². The Kier molecular flexibility index (Phi) is 10.5. The first-order chi connectivity index (χ1) is 18.4. The Labute approximate surface area is 232 Å². The SMILES string of the molecule is COC(=O)C[C@H]1C(=O)N(CC(=O)OC(C)(C)C)CCN1C(=O)[C@H](Cc1ccc(O)c(F)c1)NC(=O)OC(C)(C)C. The molecule has 1 aliphatic heterocycles. The number of carbonyl (C=O) groups is 5. The highest BCUT2D eigenvalue weighted by atomic mass is 19.1. The van der Waals surface area contributed by atoms with Crippen molar-refractivity contribution in [1.82, 2.24) is 15.1 Å². The van der Waals surface area contributed by atoms with Gasteiger partial charge in [-0.2, -0.15) is 0 Å². The van der Waals surface area contributed by atoms with Crippen LogP contribution < -0.4 is 5.32 Å². The quantitative estimate of drug-likeness (QED) is 0.354. The Morgan fingerprint density at radius 1 is 1.05 bits per heavy atom. The van der Waals surface area contributed by atoms with Crippen LogP contribution in [0.4, 0.5) is 9.18 Å². The van der Waals surface area contributed by atoms with E-state index in [1.165, 1.54) is 11.0 Å². The Morgan fingerprint density at radius 3 is 2.23 bits per heavy atom. The maximum atomic E-state index is 14.0. The molecule has 1 aliphatic rings. The number of methoxy groups -OCH3 is 1. The fraction of sp³-hybridized carbons (Fsp3) is 0.593. The highest BCUT2D eigenvalue weighted by Gasteiger charge is 2.42. The van der Waals surface area contributed by atoms with Crippen LogP contribution in [0.5, 0.6) is 5.75 Å². The molecule has 2 rings (SSSR count). The topological polar surface area (TPSA) is 152 Å². The van der Waals surface area contributed by atoms with Crippen LogP contribution in [0.1, 0.15) is 53.5 Å². The van der Waals surface area contributed by atoms with Crippen molar-refractivity contribution in [2.45, 2.75) is 77.7 Å². The van der Waals surface area contributed by atoms with E-state index in [0.717, 1.165) is 24.1 Å². The number of nitrogens with zero attached hydrogens (tertiary/aromatic N) is 2. The highest BCUT2D eigenvalue weighted by Crippen LogP contribution is 2.21. The van der Waals surface area contributed by atoms with Crippen molar-refractivity contribution >= 4 is 29.8 Å². The van der Waals surface area contributed by atoms with Gasteiger partial charge in [0.2, 0.25) is 11.8 Å². The molecule has 2 N–H and O–H groups in total. The molecular formula is C27H38FN3O9. The lowest BCUT2D eigenvalue weighted by Gasteiger charge is -2.41. The summed E-state index contributed by atoms with van der Waals surface area (Å²) in [4.78, 5) is 66.7. The van der Waals surface area contributed by atoms with Crippen LogP contribution in [0.3, 0.4) is 0 Å². The number of ether oxygens (including phenoxy) is 3. The number of rotatable bonds is 8. The average molecular weight is 568 g/mol. The zero-order valence-electron chi connectivity index (χ0n) is 23.9. The number of phenols is 1. The molecule has 0 aliphatic carbocycles. The number of benzene rings is 1. The minimum absolute atomic E-state index is 0.0471. The summed E-state index contributed by atoms with van der Waals surface area (Å²) in [6, 6.07) is 0.839. The smallest absolute Gasteiger partial charge is 0.408 e. The lowest BCUT2D eigenvalue weighted by molar-refractivity contribution is -0.164. The van der Waals surface area contributed by atoms with Crippen molar-refractivity contribution in [2.24, 2.45) is 0 Å². The number of aromatic hydroxyl groups is 1. The molecule has 1 aromatic carbocycles. The fourth-order valence-electron chi connectivity index (χ4n) is 3.99. The summed E-state index contributed by atoms with van der Waals surface area (Å²) in [5, 5.41) is 12.0. The normalized spacial score (nSPS) is 16.7. The molecule has 1 saturated heterocycles. The zero-order valence-corrected chi connectivity index (χ0v) is 23.9. The molecule has 0 radical (unpaired) electrons. The van der Waals surface area contributed by atoms with Crippen LogP contribution in [0.15, 0.2) is 18.2 Å². The molecule has 3 amide bonds. The van der Waals surface area contributed by atoms with Crippen molar-refractivity contribution < 1.29 is 47.7 Å². The molecule has 1 heterocycles. The Balaban J connectivity index is 2.36. The Bertz CT molecular complexity index is 1130. The lowest BCUT2D eigenvalue weighted by Crippen LogP contribution is -2.63. The van der Waals surface area contributed by atoms with Crippen molar-refractivity contribution in [3.8, 4) is 5.75 Å². The van der Waals surface area contributed by atoms with Crippen LogP contribution >= 0.6 is 0 Å². The second-order valence-electron chi connectivity index (χ2n) is 11.4. The molecule has 1 fully saturated rings. The summed E-state index contributed by atoms with van der Waals surface area (Å²) >= 11 is 0. The molecule has 1 aromatic rings. The van der Waals surface area contributed by atoms with E-state index >= 15 is 0 Å². The van der Waals surface area contributed by atoms with Crippen molar-refractivity contribution in [1.29, 1.82) is 0 Å². The number of alkyl carbamates (subject to hydrolysis) is 1. The molecule has 0 spiro atoms. The first kappa shape index (κ1) is 32.3. The van der Waals surface area contributed by atoms with Gasteiger partial charge in [0.15, 0.2) is 11.6 Å². The molecule has 2 atom stereocenters. The van der Waals surface area contributed by atoms with Gasteiger partial charge in [0.1, 0.15) is 29.8 Å². The molecule has 222 valence electrons. The molecule has 40 heavy (non-hydrogen) atoms. The summed E-state index contributed by atoms with van der Waals surface area (Å²) in [7, 11) is 1.13. The number of hydrogen-bond donors (Lipinski definition) is 2. The van der Waals surface area contributed by atoms with Gasteiger partial charge in [0.05, 0.1) is 13.5 Å². The van der Waals surface area contributed by atoms with Gasteiger partial charge in [0, 0.05) is 19.5 Å². The summed E-state index contributed by atoms with van der Waals surface area (Å²) < 4.78 is 29.3. The van der Waals surface area contributed by atoms with Gasteiger partial charge in [0.25, 0.3) is 0 Å². The predicted molar refractivity (Wildman–Crippen MR) is 139 cm³/mol. The minimum Gasteiger partial charge on any atom is -0.505 e. The van der Waals surface area contributed by atoms with Gasteiger partial charge in [-0.3, -0.25) is 19.2 Å². The van der Waals surface area contributed by atoms with E-state index < -0.39 is 71.1 Å². The lowest BCUT2D eigenvalue weighted by atomic mass is 10.0. The third kappa shape index (κ3) is 9.69. The van der Waals surface area contributed by atoms with E-state index in [1.54, 1.807) is 41.5 Å². The predicted octanol–water partition coefficient (Wildman–Crippen LogP) is 1.91. The van der Waals surface area contributed by atoms with Crippen molar-refractivity contribution in [2.75, 3.05) is 26.7 Å². The number of nitrogens with one attached hydrogen (secondary N) is 1.